The van der Waals surface area contributed by atoms with Gasteiger partial charge in [-0.05, 0) is 117 Å². The maximum atomic E-state index is 12.7. The van der Waals surface area contributed by atoms with Gasteiger partial charge in [-0.15, -0.1) is 0 Å². The second kappa shape index (κ2) is 15.0. The smallest absolute Gasteiger partial charge is 0.236 e. The minimum atomic E-state index is -0.0676. The zero-order valence-corrected chi connectivity index (χ0v) is 27.4. The van der Waals surface area contributed by atoms with Crippen molar-refractivity contribution >= 4 is 29.5 Å². The summed E-state index contributed by atoms with van der Waals surface area (Å²) < 4.78 is 17.4. The molecule has 1 aromatic heterocycles. The Balaban J connectivity index is 1.39. The standard InChI is InChI=1S/C34H45ClN4O3S/c1-5-6-24-18-27(35)8-14-31(24)26-21-38(3)20-25-7-13-32(25)33(41-4)15-16-39-23(2)17-28(36-39)19-34(40)37-43-30-11-9-29(10-12-30)42-22-26/h8-12,14,17-18,25-26,32-33H,5-7,13,15-16,19-22H2,1-4H3,(H,37,40). The Morgan fingerprint density at radius 2 is 1.93 bits per heavy atom. The van der Waals surface area contributed by atoms with E-state index in [1.807, 2.05) is 48.2 Å². The van der Waals surface area contributed by atoms with Crippen LogP contribution in [-0.4, -0.2) is 60.5 Å². The second-order valence-electron chi connectivity index (χ2n) is 12.2. The molecule has 0 saturated heterocycles. The third kappa shape index (κ3) is 8.35. The number of hydrogen-bond acceptors (Lipinski definition) is 6. The van der Waals surface area contributed by atoms with Crippen LogP contribution in [-0.2, 0) is 28.9 Å². The van der Waals surface area contributed by atoms with Crippen LogP contribution in [0.3, 0.4) is 0 Å². The normalized spacial score (nSPS) is 24.2. The summed E-state index contributed by atoms with van der Waals surface area (Å²) in [5, 5.41) is 5.53. The fraction of sp³-hybridized carbons (Fsp3) is 0.529. The van der Waals surface area contributed by atoms with E-state index < -0.39 is 0 Å². The number of benzene rings is 2. The van der Waals surface area contributed by atoms with Crippen LogP contribution >= 0.6 is 23.5 Å². The number of rotatable bonds is 4. The zero-order valence-electron chi connectivity index (χ0n) is 25.9. The highest BCUT2D eigenvalue weighted by molar-refractivity contribution is 7.98. The van der Waals surface area contributed by atoms with E-state index in [0.29, 0.717) is 18.4 Å². The van der Waals surface area contributed by atoms with Gasteiger partial charge in [0.2, 0.25) is 5.91 Å². The highest BCUT2D eigenvalue weighted by Crippen LogP contribution is 2.40. The number of aryl methyl sites for hydroxylation is 3. The summed E-state index contributed by atoms with van der Waals surface area (Å²) in [6.07, 6.45) is 5.81. The Morgan fingerprint density at radius 1 is 1.12 bits per heavy atom. The van der Waals surface area contributed by atoms with E-state index in [1.165, 1.54) is 35.9 Å². The SMILES string of the molecule is CCCc1cc(Cl)ccc1C1COc2ccc(cc2)SNC(=O)Cc2cc(C)n(n2)CCC(OC)C2CCC2CN(C)C1. The van der Waals surface area contributed by atoms with Crippen molar-refractivity contribution in [3.05, 3.63) is 76.1 Å². The van der Waals surface area contributed by atoms with Gasteiger partial charge in [-0.1, -0.05) is 31.0 Å². The third-order valence-corrected chi connectivity index (χ3v) is 10.0. The number of amides is 1. The number of methoxy groups -OCH3 is 1. The number of carbonyl (C=O) groups excluding carboxylic acids is 1. The van der Waals surface area contributed by atoms with Gasteiger partial charge in [-0.3, -0.25) is 14.2 Å². The van der Waals surface area contributed by atoms with E-state index >= 15 is 0 Å². The molecule has 1 saturated carbocycles. The maximum absolute atomic E-state index is 12.7. The summed E-state index contributed by atoms with van der Waals surface area (Å²) in [6, 6.07) is 16.3. The minimum Gasteiger partial charge on any atom is -0.493 e. The number of halogens is 1. The number of ether oxygens (including phenoxy) is 2. The minimum absolute atomic E-state index is 0.0676. The van der Waals surface area contributed by atoms with Crippen LogP contribution in [0, 0.1) is 18.8 Å². The predicted molar refractivity (Wildman–Crippen MR) is 174 cm³/mol. The molecule has 3 heterocycles. The highest BCUT2D eigenvalue weighted by Gasteiger charge is 2.38. The van der Waals surface area contributed by atoms with E-state index in [0.717, 1.165) is 66.0 Å². The molecule has 1 aliphatic carbocycles. The third-order valence-electron chi connectivity index (χ3n) is 8.96. The molecule has 1 fully saturated rings. The van der Waals surface area contributed by atoms with Crippen LogP contribution in [0.4, 0.5) is 0 Å². The summed E-state index contributed by atoms with van der Waals surface area (Å²) in [6.45, 7) is 7.55. The average Bonchev–Trinajstić information content (AvgIpc) is 3.33. The molecule has 3 aliphatic rings. The predicted octanol–water partition coefficient (Wildman–Crippen LogP) is 6.70. The number of fused-ring (bicyclic) bond motifs is 12. The molecule has 9 heteroatoms. The summed E-state index contributed by atoms with van der Waals surface area (Å²) in [5.41, 5.74) is 4.48. The fourth-order valence-electron chi connectivity index (χ4n) is 6.63. The van der Waals surface area contributed by atoms with Gasteiger partial charge in [-0.2, -0.15) is 5.10 Å². The first-order valence-electron chi connectivity index (χ1n) is 15.5. The van der Waals surface area contributed by atoms with Crippen molar-refractivity contribution in [3.63, 3.8) is 0 Å². The first kappa shape index (κ1) is 31.9. The number of likely N-dealkylation sites (N-methyl/N-ethyl adjacent to an activating group) is 1. The molecule has 4 unspecified atom stereocenters. The first-order chi connectivity index (χ1) is 20.8. The fourth-order valence-corrected chi connectivity index (χ4v) is 7.40. The van der Waals surface area contributed by atoms with Crippen LogP contribution in [0.1, 0.15) is 61.0 Å². The molecule has 3 aromatic rings. The number of nitrogens with zero attached hydrogens (tertiary/aromatic N) is 3. The van der Waals surface area contributed by atoms with Crippen LogP contribution < -0.4 is 9.46 Å². The maximum Gasteiger partial charge on any atom is 0.236 e. The van der Waals surface area contributed by atoms with Crippen molar-refractivity contribution in [2.75, 3.05) is 33.9 Å². The Labute approximate surface area is 265 Å². The molecular weight excluding hydrogens is 580 g/mol. The molecule has 0 radical (unpaired) electrons. The van der Waals surface area contributed by atoms with Gasteiger partial charge in [0.15, 0.2) is 0 Å². The van der Waals surface area contributed by atoms with Crippen LogP contribution in [0.15, 0.2) is 53.4 Å². The monoisotopic (exact) mass is 624 g/mol. The van der Waals surface area contributed by atoms with E-state index in [2.05, 4.69) is 42.6 Å². The molecule has 43 heavy (non-hydrogen) atoms. The van der Waals surface area contributed by atoms with Crippen molar-refractivity contribution < 1.29 is 14.3 Å². The topological polar surface area (TPSA) is 68.6 Å². The van der Waals surface area contributed by atoms with Crippen LogP contribution in [0.2, 0.25) is 5.02 Å². The number of nitrogens with one attached hydrogen (secondary N) is 1. The Morgan fingerprint density at radius 3 is 2.65 bits per heavy atom. The molecule has 0 spiro atoms. The summed E-state index contributed by atoms with van der Waals surface area (Å²) in [5.74, 6) is 2.07. The van der Waals surface area contributed by atoms with E-state index in [1.54, 1.807) is 0 Å². The molecule has 1 amide bonds. The van der Waals surface area contributed by atoms with Gasteiger partial charge in [0.25, 0.3) is 0 Å². The summed E-state index contributed by atoms with van der Waals surface area (Å²) >= 11 is 7.75. The van der Waals surface area contributed by atoms with Crippen molar-refractivity contribution in [1.82, 2.24) is 19.4 Å². The number of carbonyl (C=O) groups is 1. The molecule has 7 nitrogen and oxygen atoms in total. The van der Waals surface area contributed by atoms with E-state index in [-0.39, 0.29) is 24.3 Å². The molecule has 232 valence electrons. The Hall–Kier alpha value is -2.52. The van der Waals surface area contributed by atoms with Gasteiger partial charge in [0.05, 0.1) is 24.8 Å². The second-order valence-corrected chi connectivity index (χ2v) is 13.5. The van der Waals surface area contributed by atoms with Gasteiger partial charge in [0.1, 0.15) is 5.75 Å². The summed E-state index contributed by atoms with van der Waals surface area (Å²) in [7, 11) is 4.08. The lowest BCUT2D eigenvalue weighted by atomic mass is 9.69. The van der Waals surface area contributed by atoms with E-state index in [9.17, 15) is 4.79 Å². The Kier molecular flexibility index (Phi) is 11.1. The molecular formula is C34H45ClN4O3S. The highest BCUT2D eigenvalue weighted by atomic mass is 35.5. The largest absolute Gasteiger partial charge is 0.493 e. The Bertz CT molecular complexity index is 1360. The summed E-state index contributed by atoms with van der Waals surface area (Å²) in [4.78, 5) is 16.1. The van der Waals surface area contributed by atoms with E-state index in [4.69, 9.17) is 26.2 Å². The zero-order chi connectivity index (χ0) is 30.3. The quantitative estimate of drug-likeness (QED) is 0.326. The average molecular weight is 625 g/mol. The van der Waals surface area contributed by atoms with Gasteiger partial charge in [-0.25, -0.2) is 0 Å². The molecule has 2 aromatic carbocycles. The van der Waals surface area contributed by atoms with Gasteiger partial charge < -0.3 is 14.4 Å². The lowest BCUT2D eigenvalue weighted by molar-refractivity contribution is -0.118. The van der Waals surface area contributed by atoms with Crippen molar-refractivity contribution in [1.29, 1.82) is 0 Å². The van der Waals surface area contributed by atoms with Crippen LogP contribution in [0.25, 0.3) is 0 Å². The molecule has 4 atom stereocenters. The lowest BCUT2D eigenvalue weighted by Gasteiger charge is -2.43. The first-order valence-corrected chi connectivity index (χ1v) is 16.7. The van der Waals surface area contributed by atoms with Gasteiger partial charge in [0, 0.05) is 48.3 Å². The molecule has 6 rings (SSSR count). The van der Waals surface area contributed by atoms with Crippen LogP contribution in [0.5, 0.6) is 5.75 Å². The number of hydrogen-bond donors (Lipinski definition) is 1. The van der Waals surface area contributed by atoms with Crippen molar-refractivity contribution in [3.8, 4) is 5.75 Å². The van der Waals surface area contributed by atoms with Gasteiger partial charge >= 0.3 is 0 Å². The van der Waals surface area contributed by atoms with Crippen molar-refractivity contribution in [2.24, 2.45) is 11.8 Å². The molecule has 2 aliphatic heterocycles. The lowest BCUT2D eigenvalue weighted by Crippen LogP contribution is -2.44. The molecule has 1 N–H and O–H groups in total. The number of aromatic nitrogens is 2. The molecule has 4 bridgehead atoms. The van der Waals surface area contributed by atoms with Crippen molar-refractivity contribution in [2.45, 2.75) is 75.8 Å².